The van der Waals surface area contributed by atoms with Crippen LogP contribution in [0.3, 0.4) is 0 Å². The molecule has 2 fully saturated rings. The number of ether oxygens (including phenoxy) is 1. The molecule has 146 valence electrons. The lowest BCUT2D eigenvalue weighted by molar-refractivity contribution is 0.0180. The van der Waals surface area contributed by atoms with E-state index >= 15 is 0 Å². The zero-order valence-electron chi connectivity index (χ0n) is 16.4. The fraction of sp³-hybridized carbons (Fsp3) is 0.842. The minimum Gasteiger partial charge on any atom is -0.444 e. The van der Waals surface area contributed by atoms with E-state index in [0.29, 0.717) is 5.92 Å². The SMILES string of the molecule is CC(C)(C)OC(=O)N1CCC(CCc2nc(N3CCCCC3)no2)CC1. The summed E-state index contributed by atoms with van der Waals surface area (Å²) in [4.78, 5) is 20.7. The van der Waals surface area contributed by atoms with E-state index in [1.54, 1.807) is 0 Å². The van der Waals surface area contributed by atoms with Gasteiger partial charge in [0.2, 0.25) is 5.89 Å². The van der Waals surface area contributed by atoms with Gasteiger partial charge in [-0.15, -0.1) is 0 Å². The second-order valence-electron chi connectivity index (χ2n) is 8.49. The van der Waals surface area contributed by atoms with E-state index < -0.39 is 5.60 Å². The molecule has 7 heteroatoms. The predicted octanol–water partition coefficient (Wildman–Crippen LogP) is 3.64. The third kappa shape index (κ3) is 5.35. The fourth-order valence-corrected chi connectivity index (χ4v) is 3.63. The Labute approximate surface area is 156 Å². The molecule has 3 heterocycles. The monoisotopic (exact) mass is 364 g/mol. The third-order valence-corrected chi connectivity index (χ3v) is 5.13. The normalized spacial score (nSPS) is 19.7. The lowest BCUT2D eigenvalue weighted by Gasteiger charge is -2.33. The van der Waals surface area contributed by atoms with Gasteiger partial charge in [-0.1, -0.05) is 0 Å². The molecule has 7 nitrogen and oxygen atoms in total. The Morgan fingerprint density at radius 2 is 1.85 bits per heavy atom. The number of rotatable bonds is 4. The van der Waals surface area contributed by atoms with E-state index in [-0.39, 0.29) is 6.09 Å². The largest absolute Gasteiger partial charge is 0.444 e. The molecule has 1 aromatic heterocycles. The Bertz CT molecular complexity index is 582. The molecule has 0 aromatic carbocycles. The van der Waals surface area contributed by atoms with Crippen LogP contribution in [0.15, 0.2) is 4.52 Å². The maximum atomic E-state index is 12.1. The van der Waals surface area contributed by atoms with Crippen LogP contribution < -0.4 is 4.90 Å². The van der Waals surface area contributed by atoms with Gasteiger partial charge >= 0.3 is 6.09 Å². The van der Waals surface area contributed by atoms with Crippen LogP contribution in [0.4, 0.5) is 10.7 Å². The number of amides is 1. The van der Waals surface area contributed by atoms with Gasteiger partial charge in [-0.3, -0.25) is 0 Å². The van der Waals surface area contributed by atoms with E-state index in [0.717, 1.165) is 63.7 Å². The molecule has 0 N–H and O–H groups in total. The minimum absolute atomic E-state index is 0.195. The summed E-state index contributed by atoms with van der Waals surface area (Å²) in [6.45, 7) is 9.30. The summed E-state index contributed by atoms with van der Waals surface area (Å²) in [5.74, 6) is 2.08. The Hall–Kier alpha value is -1.79. The highest BCUT2D eigenvalue weighted by Crippen LogP contribution is 2.24. The van der Waals surface area contributed by atoms with Gasteiger partial charge in [-0.2, -0.15) is 4.98 Å². The summed E-state index contributed by atoms with van der Waals surface area (Å²) < 4.78 is 10.9. The zero-order chi connectivity index (χ0) is 18.6. The van der Waals surface area contributed by atoms with Crippen molar-refractivity contribution < 1.29 is 14.1 Å². The Kier molecular flexibility index (Phi) is 6.04. The van der Waals surface area contributed by atoms with Crippen LogP contribution in [0.5, 0.6) is 0 Å². The number of carbonyl (C=O) groups excluding carboxylic acids is 1. The highest BCUT2D eigenvalue weighted by molar-refractivity contribution is 5.68. The van der Waals surface area contributed by atoms with Gasteiger partial charge in [-0.05, 0) is 70.4 Å². The molecule has 26 heavy (non-hydrogen) atoms. The molecule has 0 atom stereocenters. The number of carbonyl (C=O) groups is 1. The number of aryl methyl sites for hydroxylation is 1. The smallest absolute Gasteiger partial charge is 0.410 e. The van der Waals surface area contributed by atoms with Gasteiger partial charge in [0.05, 0.1) is 0 Å². The van der Waals surface area contributed by atoms with Gasteiger partial charge in [-0.25, -0.2) is 4.79 Å². The van der Waals surface area contributed by atoms with E-state index in [1.807, 2.05) is 25.7 Å². The molecular weight excluding hydrogens is 332 g/mol. The van der Waals surface area contributed by atoms with E-state index in [2.05, 4.69) is 15.0 Å². The van der Waals surface area contributed by atoms with Crippen molar-refractivity contribution in [3.05, 3.63) is 5.89 Å². The van der Waals surface area contributed by atoms with E-state index in [9.17, 15) is 4.79 Å². The number of piperidine rings is 2. The van der Waals surface area contributed by atoms with Gasteiger partial charge in [0.15, 0.2) is 0 Å². The van der Waals surface area contributed by atoms with Crippen molar-refractivity contribution in [1.29, 1.82) is 0 Å². The van der Waals surface area contributed by atoms with Crippen LogP contribution in [-0.4, -0.2) is 52.9 Å². The van der Waals surface area contributed by atoms with Crippen molar-refractivity contribution in [2.24, 2.45) is 5.92 Å². The van der Waals surface area contributed by atoms with Gasteiger partial charge in [0.25, 0.3) is 5.95 Å². The number of hydrogen-bond acceptors (Lipinski definition) is 6. The molecule has 0 aliphatic carbocycles. The first kappa shape index (κ1) is 19.0. The van der Waals surface area contributed by atoms with Gasteiger partial charge in [0, 0.05) is 32.6 Å². The molecule has 0 saturated carbocycles. The molecule has 1 aromatic rings. The Morgan fingerprint density at radius 3 is 2.50 bits per heavy atom. The second kappa shape index (κ2) is 8.27. The van der Waals surface area contributed by atoms with Crippen molar-refractivity contribution in [3.63, 3.8) is 0 Å². The van der Waals surface area contributed by atoms with Crippen molar-refractivity contribution in [2.75, 3.05) is 31.1 Å². The van der Waals surface area contributed by atoms with Crippen LogP contribution in [0.25, 0.3) is 0 Å². The average Bonchev–Trinajstić information content (AvgIpc) is 3.09. The molecular formula is C19H32N4O3. The lowest BCUT2D eigenvalue weighted by atomic mass is 9.92. The van der Waals surface area contributed by atoms with Crippen LogP contribution in [0, 0.1) is 5.92 Å². The zero-order valence-corrected chi connectivity index (χ0v) is 16.4. The first-order chi connectivity index (χ1) is 12.4. The third-order valence-electron chi connectivity index (χ3n) is 5.13. The maximum absolute atomic E-state index is 12.1. The minimum atomic E-state index is -0.433. The van der Waals surface area contributed by atoms with E-state index in [4.69, 9.17) is 9.26 Å². The van der Waals surface area contributed by atoms with Crippen molar-refractivity contribution in [3.8, 4) is 0 Å². The quantitative estimate of drug-likeness (QED) is 0.812. The summed E-state index contributed by atoms with van der Waals surface area (Å²) >= 11 is 0. The predicted molar refractivity (Wildman–Crippen MR) is 99.2 cm³/mol. The number of hydrogen-bond donors (Lipinski definition) is 0. The molecule has 0 bridgehead atoms. The Morgan fingerprint density at radius 1 is 1.15 bits per heavy atom. The van der Waals surface area contributed by atoms with Gasteiger partial charge in [0.1, 0.15) is 5.60 Å². The summed E-state index contributed by atoms with van der Waals surface area (Å²) in [6, 6.07) is 0. The first-order valence-corrected chi connectivity index (χ1v) is 9.96. The van der Waals surface area contributed by atoms with Crippen LogP contribution >= 0.6 is 0 Å². The van der Waals surface area contributed by atoms with E-state index in [1.165, 1.54) is 19.3 Å². The van der Waals surface area contributed by atoms with Crippen LogP contribution in [-0.2, 0) is 11.2 Å². The molecule has 3 rings (SSSR count). The molecule has 2 saturated heterocycles. The summed E-state index contributed by atoms with van der Waals surface area (Å²) in [6.07, 6.45) is 7.38. The molecule has 2 aliphatic heterocycles. The molecule has 0 unspecified atom stereocenters. The number of likely N-dealkylation sites (tertiary alicyclic amines) is 1. The highest BCUT2D eigenvalue weighted by Gasteiger charge is 2.27. The molecule has 0 spiro atoms. The Balaban J connectivity index is 1.40. The molecule has 0 radical (unpaired) electrons. The molecule has 2 aliphatic rings. The summed E-state index contributed by atoms with van der Waals surface area (Å²) in [7, 11) is 0. The summed E-state index contributed by atoms with van der Waals surface area (Å²) in [5, 5.41) is 4.14. The standard InChI is InChI=1S/C19H32N4O3/c1-19(2,3)25-18(24)23-13-9-15(10-14-23)7-8-16-20-17(21-26-16)22-11-5-4-6-12-22/h15H,4-14H2,1-3H3. The summed E-state index contributed by atoms with van der Waals surface area (Å²) in [5.41, 5.74) is -0.433. The van der Waals surface area contributed by atoms with Crippen LogP contribution in [0.1, 0.15) is 65.2 Å². The average molecular weight is 364 g/mol. The first-order valence-electron chi connectivity index (χ1n) is 9.96. The fourth-order valence-electron chi connectivity index (χ4n) is 3.63. The second-order valence-corrected chi connectivity index (χ2v) is 8.49. The maximum Gasteiger partial charge on any atom is 0.410 e. The van der Waals surface area contributed by atoms with Crippen molar-refractivity contribution in [1.82, 2.24) is 15.0 Å². The number of aromatic nitrogens is 2. The number of nitrogens with zero attached hydrogens (tertiary/aromatic N) is 4. The lowest BCUT2D eigenvalue weighted by Crippen LogP contribution is -2.41. The topological polar surface area (TPSA) is 71.7 Å². The van der Waals surface area contributed by atoms with Crippen molar-refractivity contribution in [2.45, 2.75) is 71.3 Å². The number of anilines is 1. The van der Waals surface area contributed by atoms with Gasteiger partial charge < -0.3 is 19.1 Å². The highest BCUT2D eigenvalue weighted by atomic mass is 16.6. The molecule has 1 amide bonds. The van der Waals surface area contributed by atoms with Crippen LogP contribution in [0.2, 0.25) is 0 Å². The van der Waals surface area contributed by atoms with Crippen molar-refractivity contribution >= 4 is 12.0 Å².